The summed E-state index contributed by atoms with van der Waals surface area (Å²) in [5, 5.41) is 26.5. The first-order valence-electron chi connectivity index (χ1n) is 12.7. The minimum atomic E-state index is -2.76. The molecule has 1 fully saturated rings. The molecule has 13 heteroatoms. The number of likely N-dealkylation sites (N-methyl/N-ethyl adjacent to an activating group) is 1. The quantitative estimate of drug-likeness (QED) is 0.324. The molecule has 0 bridgehead atoms. The van der Waals surface area contributed by atoms with Crippen molar-refractivity contribution in [3.05, 3.63) is 36.2 Å². The van der Waals surface area contributed by atoms with Gasteiger partial charge in [0.2, 0.25) is 11.8 Å². The molecule has 1 saturated carbocycles. The zero-order valence-electron chi connectivity index (χ0n) is 22.7. The maximum absolute atomic E-state index is 12.7. The Kier molecular flexibility index (Phi) is 6.24. The summed E-state index contributed by atoms with van der Waals surface area (Å²) in [6.07, 6.45) is 3.04. The number of amides is 3. The minimum Gasteiger partial charge on any atom is -0.494 e. The van der Waals surface area contributed by atoms with E-state index in [1.165, 1.54) is 24.2 Å². The molecule has 0 aliphatic heterocycles. The number of carbonyl (C=O) groups is 3. The fourth-order valence-electron chi connectivity index (χ4n) is 3.43. The van der Waals surface area contributed by atoms with Gasteiger partial charge in [-0.2, -0.15) is 15.0 Å². The predicted molar refractivity (Wildman–Crippen MR) is 131 cm³/mol. The van der Waals surface area contributed by atoms with Gasteiger partial charge in [0.25, 0.3) is 5.91 Å². The Labute approximate surface area is 211 Å². The van der Waals surface area contributed by atoms with Crippen molar-refractivity contribution in [1.29, 1.82) is 0 Å². The average molecular weight is 497 g/mol. The van der Waals surface area contributed by atoms with E-state index < -0.39 is 12.9 Å². The van der Waals surface area contributed by atoms with E-state index in [1.807, 2.05) is 12.2 Å². The zero-order valence-corrected chi connectivity index (χ0v) is 19.7. The highest BCUT2D eigenvalue weighted by molar-refractivity contribution is 6.00. The number of benzene rings is 1. The third kappa shape index (κ3) is 5.56. The number of rotatable bonds is 10. The summed E-state index contributed by atoms with van der Waals surface area (Å²) in [5.74, 6) is -1.13. The minimum absolute atomic E-state index is 0.0614. The van der Waals surface area contributed by atoms with Crippen molar-refractivity contribution in [2.24, 2.45) is 5.92 Å². The number of ether oxygens (including phenoxy) is 1. The molecule has 4 rings (SSSR count). The number of nitrogens with one attached hydrogen (secondary N) is 4. The van der Waals surface area contributed by atoms with Gasteiger partial charge in [-0.15, -0.1) is 10.2 Å². The van der Waals surface area contributed by atoms with Crippen molar-refractivity contribution in [2.75, 3.05) is 31.3 Å². The van der Waals surface area contributed by atoms with Crippen LogP contribution in [-0.4, -0.2) is 63.5 Å². The van der Waals surface area contributed by atoms with Gasteiger partial charge < -0.3 is 26.0 Å². The van der Waals surface area contributed by atoms with Gasteiger partial charge in [-0.1, -0.05) is 6.07 Å². The smallest absolute Gasteiger partial charge is 0.273 e. The molecule has 3 aromatic rings. The Morgan fingerprint density at radius 3 is 2.78 bits per heavy atom. The van der Waals surface area contributed by atoms with Crippen LogP contribution in [0.1, 0.15) is 34.4 Å². The van der Waals surface area contributed by atoms with Crippen LogP contribution in [0, 0.1) is 5.92 Å². The van der Waals surface area contributed by atoms with Gasteiger partial charge in [0.05, 0.1) is 24.7 Å². The van der Waals surface area contributed by atoms with Gasteiger partial charge in [0.1, 0.15) is 12.2 Å². The van der Waals surface area contributed by atoms with Crippen molar-refractivity contribution >= 4 is 34.9 Å². The fourth-order valence-corrected chi connectivity index (χ4v) is 3.43. The Bertz CT molecular complexity index is 1390. The fraction of sp³-hybridized carbons (Fsp3) is 0.348. The van der Waals surface area contributed by atoms with E-state index in [0.29, 0.717) is 29.2 Å². The van der Waals surface area contributed by atoms with E-state index in [4.69, 9.17) is 8.85 Å². The molecule has 4 N–H and O–H groups in total. The van der Waals surface area contributed by atoms with Crippen LogP contribution in [0.5, 0.6) is 5.75 Å². The van der Waals surface area contributed by atoms with E-state index in [1.54, 1.807) is 18.2 Å². The van der Waals surface area contributed by atoms with Crippen molar-refractivity contribution in [1.82, 2.24) is 35.8 Å². The van der Waals surface area contributed by atoms with Crippen LogP contribution in [0.25, 0.3) is 11.3 Å². The van der Waals surface area contributed by atoms with Gasteiger partial charge in [-0.25, -0.2) is 0 Å². The largest absolute Gasteiger partial charge is 0.494 e. The number of hydrogen-bond acceptors (Lipinski definition) is 9. The van der Waals surface area contributed by atoms with E-state index in [2.05, 4.69) is 36.3 Å². The Morgan fingerprint density at radius 2 is 2.06 bits per heavy atom. The first-order valence-corrected chi connectivity index (χ1v) is 11.2. The van der Waals surface area contributed by atoms with Crippen molar-refractivity contribution in [3.8, 4) is 17.0 Å². The molecule has 3 amide bonds. The second-order valence-corrected chi connectivity index (χ2v) is 7.93. The molecule has 13 nitrogen and oxygen atoms in total. The van der Waals surface area contributed by atoms with Gasteiger partial charge >= 0.3 is 0 Å². The topological polar surface area (TPSA) is 165 Å². The average Bonchev–Trinajstić information content (AvgIpc) is 3.62. The third-order valence-electron chi connectivity index (χ3n) is 5.28. The molecule has 188 valence electrons. The van der Waals surface area contributed by atoms with Crippen molar-refractivity contribution in [3.63, 3.8) is 0 Å². The van der Waals surface area contributed by atoms with Crippen LogP contribution >= 0.6 is 0 Å². The lowest BCUT2D eigenvalue weighted by molar-refractivity contribution is -0.122. The summed E-state index contributed by atoms with van der Waals surface area (Å²) in [6.45, 7) is -0.527. The molecule has 1 aliphatic carbocycles. The summed E-state index contributed by atoms with van der Waals surface area (Å²) in [6, 6.07) is 6.49. The lowest BCUT2D eigenvalue weighted by atomic mass is 10.1. The summed E-state index contributed by atoms with van der Waals surface area (Å²) < 4.78 is 27.7. The summed E-state index contributed by atoms with van der Waals surface area (Å²) in [7, 11) is 1.44. The molecule has 2 aromatic heterocycles. The maximum atomic E-state index is 12.7. The molecule has 0 saturated heterocycles. The van der Waals surface area contributed by atoms with Crippen LogP contribution in [-0.2, 0) is 16.1 Å². The monoisotopic (exact) mass is 496 g/mol. The molecule has 36 heavy (non-hydrogen) atoms. The molecular weight excluding hydrogens is 466 g/mol. The molecule has 2 heterocycles. The van der Waals surface area contributed by atoms with Crippen LogP contribution in [0.2, 0.25) is 0 Å². The second-order valence-electron chi connectivity index (χ2n) is 7.93. The number of nitrogens with zero attached hydrogens (tertiary/aromatic N) is 5. The lowest BCUT2D eigenvalue weighted by Gasteiger charge is -2.16. The molecule has 0 atom stereocenters. The number of aromatic nitrogens is 5. The van der Waals surface area contributed by atoms with E-state index in [9.17, 15) is 14.4 Å². The van der Waals surface area contributed by atoms with Crippen LogP contribution in [0.4, 0.5) is 17.2 Å². The Hall–Kier alpha value is -4.55. The first kappa shape index (κ1) is 20.8. The summed E-state index contributed by atoms with van der Waals surface area (Å²) in [4.78, 5) is 38.1. The molecule has 1 aromatic carbocycles. The SMILES string of the molecule is [2H]C([2H])([2H])NC(=O)c1nnc(NC(=O)C2CC2)cc1Nc1cccc(-c2cnn(CC(=O)NCC)n2)c1OC. The molecular formula is C23H27N9O4. The number of anilines is 3. The highest BCUT2D eigenvalue weighted by atomic mass is 16.5. The summed E-state index contributed by atoms with van der Waals surface area (Å²) in [5.41, 5.74) is 1.10. The van der Waals surface area contributed by atoms with Gasteiger partial charge in [-0.3, -0.25) is 14.4 Å². The van der Waals surface area contributed by atoms with E-state index in [0.717, 1.165) is 12.8 Å². The molecule has 0 radical (unpaired) electrons. The number of methoxy groups -OCH3 is 1. The summed E-state index contributed by atoms with van der Waals surface area (Å²) >= 11 is 0. The highest BCUT2D eigenvalue weighted by Gasteiger charge is 2.30. The van der Waals surface area contributed by atoms with Crippen LogP contribution in [0.15, 0.2) is 30.5 Å². The third-order valence-corrected chi connectivity index (χ3v) is 5.28. The van der Waals surface area contributed by atoms with Crippen molar-refractivity contribution in [2.45, 2.75) is 26.3 Å². The number of para-hydroxylation sites is 1. The van der Waals surface area contributed by atoms with Gasteiger partial charge in [-0.05, 0) is 31.9 Å². The van der Waals surface area contributed by atoms with E-state index in [-0.39, 0.29) is 41.5 Å². The second kappa shape index (κ2) is 10.8. The standard InChI is InChI=1S/C23H27N9O4/c1-4-25-19(33)12-32-26-11-17(31-32)14-6-5-7-15(21(14)36-3)27-16-10-18(28-22(34)13-8-9-13)29-30-20(16)23(35)24-2/h5-7,10-11,13H,4,8-9,12H2,1-3H3,(H,24,35)(H,25,33)(H2,27,28,29,34)/i2D3. The van der Waals surface area contributed by atoms with Crippen LogP contribution < -0.4 is 26.0 Å². The zero-order chi connectivity index (χ0) is 28.2. The Balaban J connectivity index is 1.67. The molecule has 0 spiro atoms. The molecule has 0 unspecified atom stereocenters. The molecule has 1 aliphatic rings. The van der Waals surface area contributed by atoms with Gasteiger partial charge in [0.15, 0.2) is 17.3 Å². The Morgan fingerprint density at radius 1 is 1.22 bits per heavy atom. The lowest BCUT2D eigenvalue weighted by Crippen LogP contribution is -2.28. The van der Waals surface area contributed by atoms with Crippen molar-refractivity contribution < 1.29 is 23.2 Å². The highest BCUT2D eigenvalue weighted by Crippen LogP contribution is 2.37. The first-order chi connectivity index (χ1) is 18.6. The normalized spacial score (nSPS) is 14.1. The predicted octanol–water partition coefficient (Wildman–Crippen LogP) is 1.33. The van der Waals surface area contributed by atoms with Crippen LogP contribution in [0.3, 0.4) is 0 Å². The van der Waals surface area contributed by atoms with E-state index >= 15 is 0 Å². The van der Waals surface area contributed by atoms with Gasteiger partial charge in [0, 0.05) is 35.2 Å². The maximum Gasteiger partial charge on any atom is 0.273 e. The number of carbonyl (C=O) groups excluding carboxylic acids is 3. The number of hydrogen-bond donors (Lipinski definition) is 4.